The molecule has 8 nitrogen and oxygen atoms in total. The number of nitrogens with zero attached hydrogens (tertiary/aromatic N) is 4. The minimum atomic E-state index is -0.161. The van der Waals surface area contributed by atoms with E-state index in [-0.39, 0.29) is 23.4 Å². The van der Waals surface area contributed by atoms with Crippen LogP contribution in [0.2, 0.25) is 0 Å². The highest BCUT2D eigenvalue weighted by Gasteiger charge is 2.28. The summed E-state index contributed by atoms with van der Waals surface area (Å²) in [5, 5.41) is 3.08. The number of furan rings is 1. The van der Waals surface area contributed by atoms with Crippen LogP contribution in [-0.4, -0.2) is 39.6 Å². The number of fused-ring (bicyclic) bond motifs is 1. The lowest BCUT2D eigenvalue weighted by Gasteiger charge is -2.32. The average molecular weight is 395 g/mol. The van der Waals surface area contributed by atoms with Crippen molar-refractivity contribution in [2.75, 3.05) is 18.0 Å². The molecule has 0 bridgehead atoms. The number of amides is 1. The molecule has 1 saturated heterocycles. The third-order valence-electron chi connectivity index (χ3n) is 5.45. The van der Waals surface area contributed by atoms with Crippen LogP contribution in [0.1, 0.15) is 25.5 Å². The number of aromatic nitrogens is 3. The molecule has 1 N–H and O–H groups in total. The van der Waals surface area contributed by atoms with Crippen LogP contribution in [0, 0.1) is 5.92 Å². The molecule has 1 atom stereocenters. The number of carbonyl (C=O) groups excluding carboxylic acids is 1. The fourth-order valence-corrected chi connectivity index (χ4v) is 3.84. The molecule has 1 amide bonds. The lowest BCUT2D eigenvalue weighted by atomic mass is 9.95. The van der Waals surface area contributed by atoms with Gasteiger partial charge in [0.25, 0.3) is 5.56 Å². The second kappa shape index (κ2) is 8.06. The molecule has 0 spiro atoms. The number of aryl methyl sites for hydroxylation is 1. The first-order valence-electron chi connectivity index (χ1n) is 9.92. The Labute approximate surface area is 168 Å². The van der Waals surface area contributed by atoms with Crippen LogP contribution in [0.4, 0.5) is 5.82 Å². The van der Waals surface area contributed by atoms with Gasteiger partial charge >= 0.3 is 0 Å². The standard InChI is InChI=1S/C21H25N5O3/c1-14(13-16-5-4-12-29-16)23-20(27)15-7-10-26(11-8-15)19-21(28)25(2)18-17(24-19)6-3-9-22-18/h3-6,9,12,14-15H,7-8,10-11,13H2,1-2H3,(H,23,27)/t14-/m1/s1. The molecule has 1 fully saturated rings. The summed E-state index contributed by atoms with van der Waals surface area (Å²) in [5.41, 5.74) is 1.10. The molecule has 4 heterocycles. The van der Waals surface area contributed by atoms with Crippen LogP contribution in [0.3, 0.4) is 0 Å². The van der Waals surface area contributed by atoms with Crippen molar-refractivity contribution < 1.29 is 9.21 Å². The lowest BCUT2D eigenvalue weighted by Crippen LogP contribution is -2.45. The number of nitrogens with one attached hydrogen (secondary N) is 1. The Kier molecular flexibility index (Phi) is 5.33. The third-order valence-corrected chi connectivity index (χ3v) is 5.45. The SMILES string of the molecule is C[C@H](Cc1ccco1)NC(=O)C1CCN(c2nc3cccnc3n(C)c2=O)CC1. The van der Waals surface area contributed by atoms with Gasteiger partial charge in [0.05, 0.1) is 6.26 Å². The van der Waals surface area contributed by atoms with Gasteiger partial charge in [-0.2, -0.15) is 0 Å². The molecule has 0 aromatic carbocycles. The van der Waals surface area contributed by atoms with E-state index in [1.54, 1.807) is 19.5 Å². The van der Waals surface area contributed by atoms with E-state index in [1.165, 1.54) is 4.57 Å². The molecule has 0 saturated carbocycles. The number of anilines is 1. The zero-order chi connectivity index (χ0) is 20.4. The molecule has 8 heteroatoms. The zero-order valence-electron chi connectivity index (χ0n) is 16.7. The maximum absolute atomic E-state index is 12.7. The number of hydrogen-bond acceptors (Lipinski definition) is 6. The van der Waals surface area contributed by atoms with Crippen molar-refractivity contribution >= 4 is 22.9 Å². The largest absolute Gasteiger partial charge is 0.469 e. The van der Waals surface area contributed by atoms with Crippen LogP contribution in [-0.2, 0) is 18.3 Å². The number of carbonyl (C=O) groups is 1. The number of pyridine rings is 1. The van der Waals surface area contributed by atoms with Crippen LogP contribution >= 0.6 is 0 Å². The fraction of sp³-hybridized carbons (Fsp3) is 0.429. The third kappa shape index (κ3) is 4.01. The minimum absolute atomic E-state index is 0.00799. The summed E-state index contributed by atoms with van der Waals surface area (Å²) in [6.07, 6.45) is 5.34. The summed E-state index contributed by atoms with van der Waals surface area (Å²) in [6.45, 7) is 3.23. The first-order valence-corrected chi connectivity index (χ1v) is 9.92. The maximum atomic E-state index is 12.7. The van der Waals surface area contributed by atoms with Crippen molar-refractivity contribution in [3.05, 3.63) is 52.8 Å². The van der Waals surface area contributed by atoms with Crippen LogP contribution in [0.5, 0.6) is 0 Å². The Hall–Kier alpha value is -3.16. The summed E-state index contributed by atoms with van der Waals surface area (Å²) in [4.78, 5) is 36.1. The highest BCUT2D eigenvalue weighted by atomic mass is 16.3. The minimum Gasteiger partial charge on any atom is -0.469 e. The van der Waals surface area contributed by atoms with Gasteiger partial charge in [-0.3, -0.25) is 14.2 Å². The van der Waals surface area contributed by atoms with Gasteiger partial charge in [-0.15, -0.1) is 0 Å². The zero-order valence-corrected chi connectivity index (χ0v) is 16.7. The molecule has 0 radical (unpaired) electrons. The van der Waals surface area contributed by atoms with E-state index in [0.717, 1.165) is 5.76 Å². The molecular weight excluding hydrogens is 370 g/mol. The van der Waals surface area contributed by atoms with Gasteiger partial charge in [-0.25, -0.2) is 9.97 Å². The topological polar surface area (TPSA) is 93.3 Å². The van der Waals surface area contributed by atoms with Crippen LogP contribution in [0.15, 0.2) is 45.9 Å². The fourth-order valence-electron chi connectivity index (χ4n) is 3.84. The normalized spacial score (nSPS) is 16.1. The summed E-state index contributed by atoms with van der Waals surface area (Å²) in [6, 6.07) is 7.43. The second-order valence-corrected chi connectivity index (χ2v) is 7.60. The number of piperidine rings is 1. The quantitative estimate of drug-likeness (QED) is 0.709. The molecule has 3 aromatic rings. The molecule has 0 unspecified atom stereocenters. The van der Waals surface area contributed by atoms with Gasteiger partial charge in [-0.05, 0) is 44.0 Å². The maximum Gasteiger partial charge on any atom is 0.294 e. The van der Waals surface area contributed by atoms with Gasteiger partial charge in [-0.1, -0.05) is 0 Å². The smallest absolute Gasteiger partial charge is 0.294 e. The molecule has 1 aliphatic heterocycles. The van der Waals surface area contributed by atoms with Crippen molar-refractivity contribution in [3.63, 3.8) is 0 Å². The molecule has 0 aliphatic carbocycles. The summed E-state index contributed by atoms with van der Waals surface area (Å²) >= 11 is 0. The molecule has 1 aliphatic rings. The Balaban J connectivity index is 1.39. The van der Waals surface area contributed by atoms with E-state index in [2.05, 4.69) is 15.3 Å². The van der Waals surface area contributed by atoms with Gasteiger partial charge in [0.15, 0.2) is 11.5 Å². The van der Waals surface area contributed by atoms with Crippen molar-refractivity contribution in [2.45, 2.75) is 32.2 Å². The van der Waals surface area contributed by atoms with Crippen LogP contribution in [0.25, 0.3) is 11.2 Å². The Morgan fingerprint density at radius 3 is 2.83 bits per heavy atom. The van der Waals surface area contributed by atoms with E-state index in [1.807, 2.05) is 36.1 Å². The lowest BCUT2D eigenvalue weighted by molar-refractivity contribution is -0.126. The number of hydrogen-bond donors (Lipinski definition) is 1. The first kappa shape index (κ1) is 19.2. The molecule has 4 rings (SSSR count). The predicted molar refractivity (Wildman–Crippen MR) is 110 cm³/mol. The van der Waals surface area contributed by atoms with Gasteiger partial charge in [0, 0.05) is 44.7 Å². The average Bonchev–Trinajstić information content (AvgIpc) is 3.23. The van der Waals surface area contributed by atoms with E-state index >= 15 is 0 Å². The van der Waals surface area contributed by atoms with Gasteiger partial charge < -0.3 is 14.6 Å². The summed E-state index contributed by atoms with van der Waals surface area (Å²) in [7, 11) is 1.71. The van der Waals surface area contributed by atoms with E-state index < -0.39 is 0 Å². The summed E-state index contributed by atoms with van der Waals surface area (Å²) in [5.74, 6) is 1.29. The van der Waals surface area contributed by atoms with Crippen molar-refractivity contribution in [2.24, 2.45) is 13.0 Å². The van der Waals surface area contributed by atoms with Gasteiger partial charge in [0.2, 0.25) is 5.91 Å². The predicted octanol–water partition coefficient (Wildman–Crippen LogP) is 1.89. The molecule has 3 aromatic heterocycles. The van der Waals surface area contributed by atoms with Crippen molar-refractivity contribution in [3.8, 4) is 0 Å². The van der Waals surface area contributed by atoms with E-state index in [9.17, 15) is 9.59 Å². The number of rotatable bonds is 5. The van der Waals surface area contributed by atoms with Gasteiger partial charge in [0.1, 0.15) is 11.3 Å². The van der Waals surface area contributed by atoms with Crippen molar-refractivity contribution in [1.82, 2.24) is 19.9 Å². The van der Waals surface area contributed by atoms with E-state index in [4.69, 9.17) is 4.42 Å². The Bertz CT molecular complexity index is 1050. The summed E-state index contributed by atoms with van der Waals surface area (Å²) < 4.78 is 6.88. The molecule has 152 valence electrons. The first-order chi connectivity index (χ1) is 14.0. The second-order valence-electron chi connectivity index (χ2n) is 7.60. The molecule has 29 heavy (non-hydrogen) atoms. The van der Waals surface area contributed by atoms with Crippen LogP contribution < -0.4 is 15.8 Å². The monoisotopic (exact) mass is 395 g/mol. The van der Waals surface area contributed by atoms with E-state index in [0.29, 0.717) is 49.3 Å². The highest BCUT2D eigenvalue weighted by Crippen LogP contribution is 2.21. The Morgan fingerprint density at radius 1 is 1.31 bits per heavy atom. The molecular formula is C21H25N5O3. The van der Waals surface area contributed by atoms with Crippen molar-refractivity contribution in [1.29, 1.82) is 0 Å². The Morgan fingerprint density at radius 2 is 2.10 bits per heavy atom. The highest BCUT2D eigenvalue weighted by molar-refractivity contribution is 5.79.